The Labute approximate surface area is 187 Å². The maximum atomic E-state index is 12.7. The number of nitrogens with one attached hydrogen (secondary N) is 2. The summed E-state index contributed by atoms with van der Waals surface area (Å²) in [6.45, 7) is 4.41. The Morgan fingerprint density at radius 1 is 0.844 bits per heavy atom. The van der Waals surface area contributed by atoms with Gasteiger partial charge in [-0.15, -0.1) is 0 Å². The fraction of sp³-hybridized carbons (Fsp3) is 0.385. The molecule has 1 saturated carbocycles. The van der Waals surface area contributed by atoms with E-state index in [2.05, 4.69) is 38.0 Å². The molecular formula is C26H29N5O. The highest BCUT2D eigenvalue weighted by Crippen LogP contribution is 2.27. The predicted octanol–water partition coefficient (Wildman–Crippen LogP) is 4.53. The SMILES string of the molecule is O=c1[nH]c2ccccc2cc1-c1nc2ccc(N3CCN(C4CCCCC4)CC3)cc2[nH]1. The van der Waals surface area contributed by atoms with E-state index >= 15 is 0 Å². The van der Waals surface area contributed by atoms with E-state index in [1.54, 1.807) is 0 Å². The number of pyridine rings is 1. The van der Waals surface area contributed by atoms with Crippen molar-refractivity contribution in [3.05, 3.63) is 58.9 Å². The molecule has 4 aromatic rings. The van der Waals surface area contributed by atoms with Crippen LogP contribution in [-0.4, -0.2) is 52.1 Å². The molecule has 3 heterocycles. The lowest BCUT2D eigenvalue weighted by atomic mass is 9.94. The highest BCUT2D eigenvalue weighted by atomic mass is 16.1. The summed E-state index contributed by atoms with van der Waals surface area (Å²) in [7, 11) is 0. The van der Waals surface area contributed by atoms with Crippen LogP contribution < -0.4 is 10.5 Å². The fourth-order valence-electron chi connectivity index (χ4n) is 5.44. The van der Waals surface area contributed by atoms with Crippen molar-refractivity contribution in [2.45, 2.75) is 38.1 Å². The lowest BCUT2D eigenvalue weighted by molar-refractivity contribution is 0.148. The molecule has 1 aliphatic heterocycles. The van der Waals surface area contributed by atoms with Gasteiger partial charge in [-0.3, -0.25) is 9.69 Å². The molecule has 6 heteroatoms. The van der Waals surface area contributed by atoms with Gasteiger partial charge in [0.25, 0.3) is 5.56 Å². The van der Waals surface area contributed by atoms with Gasteiger partial charge in [0.05, 0.1) is 16.6 Å². The highest BCUT2D eigenvalue weighted by Gasteiger charge is 2.25. The molecule has 0 radical (unpaired) electrons. The van der Waals surface area contributed by atoms with Crippen LogP contribution in [0.1, 0.15) is 32.1 Å². The van der Waals surface area contributed by atoms with E-state index in [0.29, 0.717) is 11.4 Å². The number of H-pyrrole nitrogens is 2. The number of piperazine rings is 1. The number of imidazole rings is 1. The third-order valence-corrected chi connectivity index (χ3v) is 7.24. The zero-order valence-corrected chi connectivity index (χ0v) is 18.3. The Morgan fingerprint density at radius 2 is 1.66 bits per heavy atom. The average Bonchev–Trinajstić information content (AvgIpc) is 3.27. The molecule has 0 spiro atoms. The van der Waals surface area contributed by atoms with E-state index in [1.807, 2.05) is 30.3 Å². The van der Waals surface area contributed by atoms with Crippen molar-refractivity contribution < 1.29 is 0 Å². The van der Waals surface area contributed by atoms with E-state index in [0.717, 1.165) is 54.2 Å². The van der Waals surface area contributed by atoms with Crippen molar-refractivity contribution in [3.8, 4) is 11.4 Å². The van der Waals surface area contributed by atoms with Gasteiger partial charge in [0.15, 0.2) is 0 Å². The zero-order chi connectivity index (χ0) is 21.5. The van der Waals surface area contributed by atoms with Gasteiger partial charge in [-0.1, -0.05) is 37.5 Å². The maximum absolute atomic E-state index is 12.7. The van der Waals surface area contributed by atoms with E-state index in [1.165, 1.54) is 37.8 Å². The van der Waals surface area contributed by atoms with Gasteiger partial charge in [-0.05, 0) is 48.6 Å². The van der Waals surface area contributed by atoms with Crippen molar-refractivity contribution in [2.24, 2.45) is 0 Å². The zero-order valence-electron chi connectivity index (χ0n) is 18.3. The third-order valence-electron chi connectivity index (χ3n) is 7.24. The molecule has 2 aliphatic rings. The number of para-hydroxylation sites is 1. The first kappa shape index (κ1) is 19.6. The molecule has 2 fully saturated rings. The van der Waals surface area contributed by atoms with Crippen LogP contribution in [0.15, 0.2) is 53.3 Å². The van der Waals surface area contributed by atoms with Gasteiger partial charge in [0.2, 0.25) is 0 Å². The molecular weight excluding hydrogens is 398 g/mol. The molecule has 2 aromatic heterocycles. The minimum atomic E-state index is -0.123. The minimum Gasteiger partial charge on any atom is -0.369 e. The van der Waals surface area contributed by atoms with Crippen LogP contribution in [0.2, 0.25) is 0 Å². The summed E-state index contributed by atoms with van der Waals surface area (Å²) in [5.74, 6) is 0.617. The van der Waals surface area contributed by atoms with Crippen molar-refractivity contribution >= 4 is 27.6 Å². The Morgan fingerprint density at radius 3 is 2.50 bits per heavy atom. The topological polar surface area (TPSA) is 68.0 Å². The predicted molar refractivity (Wildman–Crippen MR) is 130 cm³/mol. The Hall–Kier alpha value is -3.12. The summed E-state index contributed by atoms with van der Waals surface area (Å²) in [5, 5.41) is 0.999. The van der Waals surface area contributed by atoms with Crippen LogP contribution in [0.25, 0.3) is 33.3 Å². The van der Waals surface area contributed by atoms with Crippen LogP contribution in [0, 0.1) is 0 Å². The molecule has 0 atom stereocenters. The number of anilines is 1. The number of nitrogens with zero attached hydrogens (tertiary/aromatic N) is 3. The molecule has 0 unspecified atom stereocenters. The van der Waals surface area contributed by atoms with Crippen LogP contribution >= 0.6 is 0 Å². The summed E-state index contributed by atoms with van der Waals surface area (Å²) in [6.07, 6.45) is 6.94. The van der Waals surface area contributed by atoms with Crippen molar-refractivity contribution in [1.82, 2.24) is 19.9 Å². The minimum absolute atomic E-state index is 0.123. The summed E-state index contributed by atoms with van der Waals surface area (Å²) in [6, 6.07) is 16.9. The van der Waals surface area contributed by atoms with Crippen molar-refractivity contribution in [2.75, 3.05) is 31.1 Å². The first-order valence-corrected chi connectivity index (χ1v) is 11.9. The molecule has 6 nitrogen and oxygen atoms in total. The Kier molecular flexibility index (Phi) is 4.95. The molecule has 2 aromatic carbocycles. The van der Waals surface area contributed by atoms with Gasteiger partial charge >= 0.3 is 0 Å². The first-order valence-electron chi connectivity index (χ1n) is 11.9. The van der Waals surface area contributed by atoms with E-state index in [9.17, 15) is 4.79 Å². The number of benzene rings is 2. The van der Waals surface area contributed by atoms with Crippen LogP contribution in [0.4, 0.5) is 5.69 Å². The number of aromatic nitrogens is 3. The first-order chi connectivity index (χ1) is 15.7. The quantitative estimate of drug-likeness (QED) is 0.504. The second kappa shape index (κ2) is 8.10. The number of fused-ring (bicyclic) bond motifs is 2. The molecule has 2 N–H and O–H groups in total. The lowest BCUT2D eigenvalue weighted by Crippen LogP contribution is -2.50. The highest BCUT2D eigenvalue weighted by molar-refractivity contribution is 5.86. The molecule has 1 aliphatic carbocycles. The molecule has 32 heavy (non-hydrogen) atoms. The normalized spacial score (nSPS) is 18.6. The summed E-state index contributed by atoms with van der Waals surface area (Å²) >= 11 is 0. The molecule has 1 saturated heterocycles. The number of hydrogen-bond donors (Lipinski definition) is 2. The molecule has 0 amide bonds. The van der Waals surface area contributed by atoms with E-state index in [-0.39, 0.29) is 5.56 Å². The average molecular weight is 428 g/mol. The number of rotatable bonds is 3. The van der Waals surface area contributed by atoms with Crippen LogP contribution in [0.3, 0.4) is 0 Å². The summed E-state index contributed by atoms with van der Waals surface area (Å²) in [4.78, 5) is 28.9. The van der Waals surface area contributed by atoms with Crippen LogP contribution in [-0.2, 0) is 0 Å². The molecule has 164 valence electrons. The fourth-order valence-corrected chi connectivity index (χ4v) is 5.44. The Balaban J connectivity index is 1.24. The van der Waals surface area contributed by atoms with Crippen molar-refractivity contribution in [3.63, 3.8) is 0 Å². The summed E-state index contributed by atoms with van der Waals surface area (Å²) in [5.41, 5.74) is 4.37. The van der Waals surface area contributed by atoms with Gasteiger partial charge in [-0.2, -0.15) is 0 Å². The standard InChI is InChI=1S/C26H29N5O/c32-26-21(16-18-6-4-5-9-22(18)29-26)25-27-23-11-10-20(17-24(23)28-25)31-14-12-30(13-15-31)19-7-2-1-3-8-19/h4-6,9-11,16-17,19H,1-3,7-8,12-15H2,(H,27,28)(H,29,32). The largest absolute Gasteiger partial charge is 0.369 e. The monoisotopic (exact) mass is 427 g/mol. The second-order valence-electron chi connectivity index (χ2n) is 9.20. The van der Waals surface area contributed by atoms with Crippen molar-refractivity contribution in [1.29, 1.82) is 0 Å². The van der Waals surface area contributed by atoms with E-state index < -0.39 is 0 Å². The maximum Gasteiger partial charge on any atom is 0.259 e. The van der Waals surface area contributed by atoms with Crippen LogP contribution in [0.5, 0.6) is 0 Å². The lowest BCUT2D eigenvalue weighted by Gasteiger charge is -2.41. The number of hydrogen-bond acceptors (Lipinski definition) is 4. The Bertz CT molecular complexity index is 1310. The third kappa shape index (κ3) is 3.58. The van der Waals surface area contributed by atoms with E-state index in [4.69, 9.17) is 4.98 Å². The molecule has 0 bridgehead atoms. The van der Waals surface area contributed by atoms with Gasteiger partial charge in [0.1, 0.15) is 5.82 Å². The van der Waals surface area contributed by atoms with Gasteiger partial charge < -0.3 is 14.9 Å². The molecule has 6 rings (SSSR count). The summed E-state index contributed by atoms with van der Waals surface area (Å²) < 4.78 is 0. The second-order valence-corrected chi connectivity index (χ2v) is 9.20. The van der Waals surface area contributed by atoms with Gasteiger partial charge in [-0.25, -0.2) is 4.98 Å². The van der Waals surface area contributed by atoms with Gasteiger partial charge in [0, 0.05) is 43.4 Å². The smallest absolute Gasteiger partial charge is 0.259 e. The number of aromatic amines is 2.